The number of hydrogen-bond acceptors (Lipinski definition) is 9. The zero-order valence-electron chi connectivity index (χ0n) is 49.0. The van der Waals surface area contributed by atoms with Crippen molar-refractivity contribution in [2.45, 2.75) is 182 Å². The van der Waals surface area contributed by atoms with Crippen molar-refractivity contribution in [1.29, 1.82) is 0 Å². The fourth-order valence-corrected chi connectivity index (χ4v) is 10.9. The van der Waals surface area contributed by atoms with E-state index < -0.39 is 5.97 Å². The highest BCUT2D eigenvalue weighted by molar-refractivity contribution is 5.72. The van der Waals surface area contributed by atoms with Gasteiger partial charge in [-0.1, -0.05) is 163 Å². The standard InChI is InChI=1S/C24H30O3.C22H26O3.C17H18O3.C7H14O.2CH4.H/c1-3-26-24(25)17-23(19-7-5-4-6-8-19)20-11-15-22(16-12-20)27-21-13-9-18(2)10-14-21;1-16-7-11-19(12-8-16)25-20-13-9-18(10-14-20)21(15-22(23)24)17-5-3-2-4-6-17;1-2-20-17(19)12-16(13-6-4-3-5-7-13)14-8-10-15(18)11-9-14;1-6-2-4-7(8)5-3-6;;;/h4-8,11-12,15-16,18,21,23H,3,9-10,13-14,17H2,1-2H3;2-6,9-10,13-14,16,19,21H,7-8,11-12,15H2,1H3,(H,23,24);3-11,16,18H,2,12H2,1H3;6-8H,2-5H2,1H3;2*1H4;/q;;;;;;-1/i;;;;;;1+1. The molecule has 3 unspecified atom stereocenters. The molecule has 0 spiro atoms. The van der Waals surface area contributed by atoms with E-state index in [0.29, 0.717) is 38.3 Å². The Hall–Kier alpha value is -6.91. The highest BCUT2D eigenvalue weighted by Gasteiger charge is 2.24. The minimum absolute atomic E-state index is 0. The molecule has 3 N–H and O–H groups in total. The topological polar surface area (TPSA) is 149 Å². The van der Waals surface area contributed by atoms with Gasteiger partial charge in [0.2, 0.25) is 0 Å². The molecule has 9 rings (SSSR count). The second kappa shape index (κ2) is 36.5. The van der Waals surface area contributed by atoms with Crippen LogP contribution in [-0.4, -0.2) is 64.8 Å². The van der Waals surface area contributed by atoms with Gasteiger partial charge in [0.1, 0.15) is 17.2 Å². The molecule has 446 valence electrons. The molecule has 3 saturated carbocycles. The van der Waals surface area contributed by atoms with Gasteiger partial charge in [-0.2, -0.15) is 0 Å². The van der Waals surface area contributed by atoms with Gasteiger partial charge in [0.15, 0.2) is 0 Å². The number of aromatic hydroxyl groups is 1. The predicted octanol–water partition coefficient (Wildman–Crippen LogP) is 17.4. The van der Waals surface area contributed by atoms with Gasteiger partial charge in [-0.15, -0.1) is 0 Å². The first-order chi connectivity index (χ1) is 38.8. The lowest BCUT2D eigenvalue weighted by molar-refractivity contribution is -0.144. The Labute approximate surface area is 493 Å². The van der Waals surface area contributed by atoms with E-state index in [9.17, 15) is 24.6 Å². The molecule has 3 atom stereocenters. The molecule has 0 bridgehead atoms. The average molecular weight is 1120 g/mol. The van der Waals surface area contributed by atoms with Crippen LogP contribution in [0.2, 0.25) is 0 Å². The fourth-order valence-electron chi connectivity index (χ4n) is 10.9. The monoisotopic (exact) mass is 1120 g/mol. The van der Waals surface area contributed by atoms with Crippen LogP contribution >= 0.6 is 0 Å². The van der Waals surface area contributed by atoms with Crippen LogP contribution in [0.15, 0.2) is 164 Å². The van der Waals surface area contributed by atoms with Crippen LogP contribution in [0.25, 0.3) is 0 Å². The minimum Gasteiger partial charge on any atom is -1.00 e. The lowest BCUT2D eigenvalue weighted by atomic mass is 9.88. The van der Waals surface area contributed by atoms with E-state index in [2.05, 4.69) is 45.0 Å². The molecular weight excluding hydrogens is 1020 g/mol. The van der Waals surface area contributed by atoms with Crippen LogP contribution in [0.4, 0.5) is 0 Å². The number of phenols is 1. The van der Waals surface area contributed by atoms with Gasteiger partial charge in [-0.3, -0.25) is 14.4 Å². The first kappa shape index (κ1) is 67.6. The Bertz CT molecular complexity index is 2650. The van der Waals surface area contributed by atoms with Crippen LogP contribution in [-0.2, 0) is 23.9 Å². The molecule has 6 aromatic carbocycles. The second-order valence-electron chi connectivity index (χ2n) is 22.1. The predicted molar refractivity (Wildman–Crippen MR) is 333 cm³/mol. The molecule has 6 aromatic rings. The highest BCUT2D eigenvalue weighted by Crippen LogP contribution is 2.35. The second-order valence-corrected chi connectivity index (χ2v) is 22.1. The number of carbonyl (C=O) groups excluding carboxylic acids is 2. The maximum atomic E-state index is 12.1. The highest BCUT2D eigenvalue weighted by atomic mass is 16.5. The third-order valence-corrected chi connectivity index (χ3v) is 15.7. The third kappa shape index (κ3) is 23.5. The largest absolute Gasteiger partial charge is 1.00 e. The maximum Gasteiger partial charge on any atom is 0.306 e. The van der Waals surface area contributed by atoms with Crippen molar-refractivity contribution in [2.75, 3.05) is 13.2 Å². The smallest absolute Gasteiger partial charge is 0.306 e. The number of esters is 2. The number of carbonyl (C=O) groups is 3. The zero-order chi connectivity index (χ0) is 57.1. The number of hydrogen-bond donors (Lipinski definition) is 3. The number of rotatable bonds is 18. The molecule has 3 fully saturated rings. The summed E-state index contributed by atoms with van der Waals surface area (Å²) in [7, 11) is 0. The van der Waals surface area contributed by atoms with E-state index in [1.165, 1.54) is 38.5 Å². The molecule has 10 heteroatoms. The van der Waals surface area contributed by atoms with Gasteiger partial charge in [0, 0.05) is 17.8 Å². The Kier molecular flexibility index (Phi) is 30.1. The number of aliphatic hydroxyl groups excluding tert-OH is 1. The quantitative estimate of drug-likeness (QED) is 0.0710. The van der Waals surface area contributed by atoms with Crippen molar-refractivity contribution in [3.8, 4) is 17.2 Å². The summed E-state index contributed by atoms with van der Waals surface area (Å²) in [6, 6.07) is 53.0. The van der Waals surface area contributed by atoms with Crippen LogP contribution in [0.1, 0.15) is 198 Å². The van der Waals surface area contributed by atoms with E-state index >= 15 is 0 Å². The van der Waals surface area contributed by atoms with Crippen molar-refractivity contribution >= 4 is 17.9 Å². The molecule has 3 aliphatic rings. The number of aliphatic hydroxyl groups is 1. The van der Waals surface area contributed by atoms with Crippen LogP contribution in [0, 0.1) is 17.8 Å². The molecule has 3 aliphatic carbocycles. The summed E-state index contributed by atoms with van der Waals surface area (Å²) < 4.78 is 22.5. The molecular formula is C72H97O10-. The molecule has 0 heterocycles. The lowest BCUT2D eigenvalue weighted by Crippen LogP contribution is -2.23. The van der Waals surface area contributed by atoms with Crippen molar-refractivity contribution in [3.05, 3.63) is 197 Å². The third-order valence-electron chi connectivity index (χ3n) is 15.7. The summed E-state index contributed by atoms with van der Waals surface area (Å²) in [4.78, 5) is 35.2. The maximum absolute atomic E-state index is 12.1. The molecule has 10 nitrogen and oxygen atoms in total. The normalized spacial score (nSPS) is 20.1. The van der Waals surface area contributed by atoms with Gasteiger partial charge in [0.05, 0.1) is 50.8 Å². The van der Waals surface area contributed by atoms with Crippen molar-refractivity contribution in [3.63, 3.8) is 0 Å². The zero-order valence-corrected chi connectivity index (χ0v) is 48.0. The molecule has 82 heavy (non-hydrogen) atoms. The summed E-state index contributed by atoms with van der Waals surface area (Å²) in [5, 5.41) is 27.7. The summed E-state index contributed by atoms with van der Waals surface area (Å²) in [5.74, 6) is 3.14. The number of carboxylic acid groups (broad SMARTS) is 1. The number of benzene rings is 6. The first-order valence-corrected chi connectivity index (χ1v) is 29.4. The Morgan fingerprint density at radius 2 is 0.707 bits per heavy atom. The Morgan fingerprint density at radius 3 is 1.00 bits per heavy atom. The minimum atomic E-state index is -0.787. The summed E-state index contributed by atoms with van der Waals surface area (Å²) in [6.07, 6.45) is 15.4. The first-order valence-electron chi connectivity index (χ1n) is 29.4. The van der Waals surface area contributed by atoms with Crippen molar-refractivity contribution in [1.82, 2.24) is 0 Å². The van der Waals surface area contributed by atoms with Gasteiger partial charge < -0.3 is 35.7 Å². The van der Waals surface area contributed by atoms with Crippen LogP contribution < -0.4 is 9.47 Å². The fraction of sp³-hybridized carbons (Fsp3) is 0.458. The van der Waals surface area contributed by atoms with Gasteiger partial charge in [0.25, 0.3) is 0 Å². The SMILES string of the molecule is C.C.CC1CCC(O)CC1.CC1CCC(Oc2ccc(C(CC(=O)O)c3ccccc3)cc2)CC1.CCOC(=O)CC(c1ccccc1)c1ccc(O)cc1.CCOC(=O)CC(c1ccccc1)c1ccc(OC2CCC(C)CC2)cc1.[2H-]. The Balaban J connectivity index is 0.000000302. The van der Waals surface area contributed by atoms with Gasteiger partial charge in [-0.05, 0) is 178 Å². The summed E-state index contributed by atoms with van der Waals surface area (Å²) in [6.45, 7) is 11.3. The molecule has 0 aromatic heterocycles. The van der Waals surface area contributed by atoms with Crippen molar-refractivity contribution in [2.24, 2.45) is 17.8 Å². The molecule has 0 saturated heterocycles. The number of ether oxygens (including phenoxy) is 4. The number of aliphatic carboxylic acids is 1. The Morgan fingerprint density at radius 1 is 0.427 bits per heavy atom. The van der Waals surface area contributed by atoms with Gasteiger partial charge in [-0.25, -0.2) is 0 Å². The van der Waals surface area contributed by atoms with Crippen LogP contribution in [0.3, 0.4) is 0 Å². The van der Waals surface area contributed by atoms with E-state index in [0.717, 1.165) is 101 Å². The van der Waals surface area contributed by atoms with E-state index in [1.807, 2.05) is 134 Å². The lowest BCUT2D eigenvalue weighted by Gasteiger charge is -2.27. The average Bonchev–Trinajstić information content (AvgIpc) is 3.52. The van der Waals surface area contributed by atoms with Gasteiger partial charge >= 0.3 is 17.9 Å². The van der Waals surface area contributed by atoms with E-state index in [-0.39, 0.29) is 64.2 Å². The molecule has 0 amide bonds. The van der Waals surface area contributed by atoms with Crippen LogP contribution in [0.5, 0.6) is 17.2 Å². The molecule has 0 aliphatic heterocycles. The summed E-state index contributed by atoms with van der Waals surface area (Å²) >= 11 is 0. The number of carboxylic acids is 1. The summed E-state index contributed by atoms with van der Waals surface area (Å²) in [5.41, 5.74) is 6.32. The molecule has 0 radical (unpaired) electrons. The van der Waals surface area contributed by atoms with E-state index in [4.69, 9.17) is 24.1 Å². The number of phenolic OH excluding ortho intramolecular Hbond substituents is 1. The van der Waals surface area contributed by atoms with Crippen molar-refractivity contribution < 1.29 is 50.1 Å². The van der Waals surface area contributed by atoms with E-state index in [1.54, 1.807) is 19.1 Å².